The van der Waals surface area contributed by atoms with Crippen molar-refractivity contribution in [2.75, 3.05) is 18.1 Å². The highest BCUT2D eigenvalue weighted by atomic mass is 32.2. The van der Waals surface area contributed by atoms with Gasteiger partial charge in [-0.05, 0) is 42.2 Å². The third-order valence-corrected chi connectivity index (χ3v) is 9.63. The van der Waals surface area contributed by atoms with Crippen LogP contribution in [0.3, 0.4) is 0 Å². The summed E-state index contributed by atoms with van der Waals surface area (Å²) in [7, 11) is -7.11. The van der Waals surface area contributed by atoms with Gasteiger partial charge in [0.2, 0.25) is 0 Å². The van der Waals surface area contributed by atoms with Gasteiger partial charge in [-0.1, -0.05) is 30.3 Å². The molecule has 1 amide bonds. The van der Waals surface area contributed by atoms with E-state index in [1.165, 1.54) is 17.7 Å². The predicted molar refractivity (Wildman–Crippen MR) is 106 cm³/mol. The van der Waals surface area contributed by atoms with Crippen LogP contribution in [0.25, 0.3) is 0 Å². The fourth-order valence-electron chi connectivity index (χ4n) is 3.86. The molecule has 0 aliphatic carbocycles. The van der Waals surface area contributed by atoms with E-state index in [0.717, 1.165) is 12.0 Å². The number of carbonyl (C=O) groups excluding carboxylic acids is 1. The fourth-order valence-corrected chi connectivity index (χ4v) is 8.26. The van der Waals surface area contributed by atoms with E-state index in [4.69, 9.17) is 0 Å². The second-order valence-electron chi connectivity index (χ2n) is 7.34. The molecule has 6 nitrogen and oxygen atoms in total. The molecule has 8 heteroatoms. The van der Waals surface area contributed by atoms with Gasteiger partial charge in [0.05, 0.1) is 21.7 Å². The van der Waals surface area contributed by atoms with Crippen molar-refractivity contribution in [3.63, 3.8) is 0 Å². The Morgan fingerprint density at radius 2 is 1.79 bits per heavy atom. The van der Waals surface area contributed by atoms with Crippen LogP contribution in [0, 0.1) is 0 Å². The van der Waals surface area contributed by atoms with Crippen LogP contribution in [0.1, 0.15) is 27.9 Å². The van der Waals surface area contributed by atoms with Gasteiger partial charge < -0.3 is 4.90 Å². The van der Waals surface area contributed by atoms with Gasteiger partial charge >= 0.3 is 0 Å². The minimum atomic E-state index is -3.80. The molecule has 4 rings (SSSR count). The maximum absolute atomic E-state index is 12.9. The monoisotopic (exact) mass is 419 g/mol. The van der Waals surface area contributed by atoms with Crippen molar-refractivity contribution in [3.05, 3.63) is 65.2 Å². The Kier molecular flexibility index (Phi) is 4.79. The summed E-state index contributed by atoms with van der Waals surface area (Å²) in [6, 6.07) is 13.9. The summed E-state index contributed by atoms with van der Waals surface area (Å²) >= 11 is 0. The molecule has 0 N–H and O–H groups in total. The summed E-state index contributed by atoms with van der Waals surface area (Å²) in [5.74, 6) is -0.676. The topological polar surface area (TPSA) is 88.6 Å². The highest BCUT2D eigenvalue weighted by Crippen LogP contribution is 2.27. The average molecular weight is 420 g/mol. The highest BCUT2D eigenvalue weighted by molar-refractivity contribution is 7.96. The second-order valence-corrected chi connectivity index (χ2v) is 11.8. The molecule has 0 spiro atoms. The lowest BCUT2D eigenvalue weighted by atomic mass is 9.99. The van der Waals surface area contributed by atoms with Crippen LogP contribution in [-0.2, 0) is 32.6 Å². The molecular weight excluding hydrogens is 398 g/mol. The molecule has 28 heavy (non-hydrogen) atoms. The Hall–Kier alpha value is -2.19. The summed E-state index contributed by atoms with van der Waals surface area (Å²) in [6.07, 6.45) is 0.867. The molecule has 1 atom stereocenters. The van der Waals surface area contributed by atoms with Gasteiger partial charge in [-0.3, -0.25) is 4.79 Å². The quantitative estimate of drug-likeness (QED) is 0.758. The van der Waals surface area contributed by atoms with Gasteiger partial charge in [0.15, 0.2) is 19.7 Å². The van der Waals surface area contributed by atoms with E-state index in [1.54, 1.807) is 17.0 Å². The van der Waals surface area contributed by atoms with Gasteiger partial charge in [-0.15, -0.1) is 0 Å². The standard InChI is InChI=1S/C20H21NO5S2/c22-20(21-10-8-15-4-1-2-5-17(15)13-21)16-6-3-7-18(12-16)28(25,26)19-9-11-27(23,24)14-19/h1-7,12,19H,8-11,13-14H2. The van der Waals surface area contributed by atoms with E-state index in [2.05, 4.69) is 6.07 Å². The number of sulfone groups is 2. The van der Waals surface area contributed by atoms with Crippen LogP contribution in [0.4, 0.5) is 0 Å². The normalized spacial score (nSPS) is 21.3. The van der Waals surface area contributed by atoms with Crippen LogP contribution in [0.2, 0.25) is 0 Å². The van der Waals surface area contributed by atoms with Crippen molar-refractivity contribution >= 4 is 25.6 Å². The molecule has 2 aliphatic rings. The largest absolute Gasteiger partial charge is 0.334 e. The molecule has 2 aliphatic heterocycles. The third kappa shape index (κ3) is 3.58. The van der Waals surface area contributed by atoms with Crippen molar-refractivity contribution in [1.82, 2.24) is 4.90 Å². The van der Waals surface area contributed by atoms with Crippen LogP contribution in [-0.4, -0.2) is 50.9 Å². The molecule has 0 aromatic heterocycles. The second kappa shape index (κ2) is 7.00. The molecule has 1 fully saturated rings. The summed E-state index contributed by atoms with van der Waals surface area (Å²) in [5, 5.41) is -0.940. The summed E-state index contributed by atoms with van der Waals surface area (Å²) in [5.41, 5.74) is 2.63. The third-order valence-electron chi connectivity index (χ3n) is 5.46. The molecule has 0 bridgehead atoms. The first-order valence-corrected chi connectivity index (χ1v) is 12.5. The average Bonchev–Trinajstić information content (AvgIpc) is 3.07. The van der Waals surface area contributed by atoms with Crippen LogP contribution in [0.5, 0.6) is 0 Å². The van der Waals surface area contributed by atoms with Gasteiger partial charge in [-0.25, -0.2) is 16.8 Å². The Balaban J connectivity index is 1.58. The van der Waals surface area contributed by atoms with E-state index in [1.807, 2.05) is 18.2 Å². The van der Waals surface area contributed by atoms with Gasteiger partial charge in [0.25, 0.3) is 5.91 Å². The fraction of sp³-hybridized carbons (Fsp3) is 0.350. The van der Waals surface area contributed by atoms with Crippen molar-refractivity contribution in [2.45, 2.75) is 29.5 Å². The predicted octanol–water partition coefficient (Wildman–Crippen LogP) is 1.85. The number of nitrogens with zero attached hydrogens (tertiary/aromatic N) is 1. The van der Waals surface area contributed by atoms with Crippen molar-refractivity contribution < 1.29 is 21.6 Å². The number of hydrogen-bond acceptors (Lipinski definition) is 5. The first-order valence-electron chi connectivity index (χ1n) is 9.17. The minimum absolute atomic E-state index is 0.0119. The number of carbonyl (C=O) groups is 1. The van der Waals surface area contributed by atoms with Crippen LogP contribution < -0.4 is 0 Å². The van der Waals surface area contributed by atoms with E-state index in [-0.39, 0.29) is 28.7 Å². The molecule has 1 unspecified atom stereocenters. The Morgan fingerprint density at radius 3 is 2.50 bits per heavy atom. The molecular formula is C20H21NO5S2. The van der Waals surface area contributed by atoms with Gasteiger partial charge in [-0.2, -0.15) is 0 Å². The smallest absolute Gasteiger partial charge is 0.254 e. The number of rotatable bonds is 3. The number of amides is 1. The van der Waals surface area contributed by atoms with Crippen molar-refractivity contribution in [3.8, 4) is 0 Å². The maximum Gasteiger partial charge on any atom is 0.254 e. The Labute approximate surface area is 165 Å². The zero-order chi connectivity index (χ0) is 19.9. The van der Waals surface area contributed by atoms with E-state index in [9.17, 15) is 21.6 Å². The SMILES string of the molecule is O=C(c1cccc(S(=O)(=O)C2CCS(=O)(=O)C2)c1)N1CCc2ccccc2C1. The summed E-state index contributed by atoms with van der Waals surface area (Å²) in [6.45, 7) is 1.07. The van der Waals surface area contributed by atoms with E-state index >= 15 is 0 Å². The maximum atomic E-state index is 12.9. The lowest BCUT2D eigenvalue weighted by Gasteiger charge is -2.29. The zero-order valence-corrected chi connectivity index (χ0v) is 16.9. The summed E-state index contributed by atoms with van der Waals surface area (Å²) in [4.78, 5) is 14.7. The van der Waals surface area contributed by atoms with Gasteiger partial charge in [0, 0.05) is 18.7 Å². The molecule has 2 aromatic rings. The Morgan fingerprint density at radius 1 is 1.04 bits per heavy atom. The number of fused-ring (bicyclic) bond motifs is 1. The molecule has 148 valence electrons. The van der Waals surface area contributed by atoms with Gasteiger partial charge in [0.1, 0.15) is 0 Å². The zero-order valence-electron chi connectivity index (χ0n) is 15.2. The lowest BCUT2D eigenvalue weighted by molar-refractivity contribution is 0.0734. The molecule has 2 heterocycles. The molecule has 0 saturated carbocycles. The van der Waals surface area contributed by atoms with Crippen LogP contribution >= 0.6 is 0 Å². The first kappa shape index (κ1) is 19.1. The number of hydrogen-bond donors (Lipinski definition) is 0. The highest BCUT2D eigenvalue weighted by Gasteiger charge is 2.38. The minimum Gasteiger partial charge on any atom is -0.334 e. The van der Waals surface area contributed by atoms with Crippen LogP contribution in [0.15, 0.2) is 53.4 Å². The molecule has 1 saturated heterocycles. The van der Waals surface area contributed by atoms with E-state index in [0.29, 0.717) is 18.7 Å². The summed E-state index contributed by atoms with van der Waals surface area (Å²) < 4.78 is 49.0. The molecule has 2 aromatic carbocycles. The number of benzene rings is 2. The van der Waals surface area contributed by atoms with Crippen molar-refractivity contribution in [1.29, 1.82) is 0 Å². The van der Waals surface area contributed by atoms with E-state index < -0.39 is 24.9 Å². The lowest BCUT2D eigenvalue weighted by Crippen LogP contribution is -2.36. The first-order chi connectivity index (χ1) is 13.3. The molecule has 0 radical (unpaired) electrons. The van der Waals surface area contributed by atoms with Crippen molar-refractivity contribution in [2.24, 2.45) is 0 Å². The Bertz CT molecular complexity index is 1140.